The van der Waals surface area contributed by atoms with Crippen molar-refractivity contribution in [3.63, 3.8) is 0 Å². The Hall–Kier alpha value is -1.80. The van der Waals surface area contributed by atoms with Gasteiger partial charge in [0, 0.05) is 13.1 Å². The predicted octanol–water partition coefficient (Wildman–Crippen LogP) is -1.84. The molecule has 0 aromatic heterocycles. The Morgan fingerprint density at radius 3 is 1.56 bits per heavy atom. The summed E-state index contributed by atoms with van der Waals surface area (Å²) < 4.78 is 0. The van der Waals surface area contributed by atoms with E-state index in [1.807, 2.05) is 0 Å². The maximum atomic E-state index is 10.5. The lowest BCUT2D eigenvalue weighted by Crippen LogP contribution is -2.41. The first-order valence-corrected chi connectivity index (χ1v) is 5.25. The second-order valence-corrected chi connectivity index (χ2v) is 3.59. The smallest absolute Gasteiger partial charge is 0.317 e. The molecule has 0 aromatic rings. The Labute approximate surface area is 104 Å². The molecule has 0 heterocycles. The Morgan fingerprint density at radius 2 is 1.22 bits per heavy atom. The molecule has 0 aromatic carbocycles. The molecule has 0 unspecified atom stereocenters. The van der Waals surface area contributed by atoms with E-state index in [1.54, 1.807) is 0 Å². The van der Waals surface area contributed by atoms with Gasteiger partial charge in [0.05, 0.1) is 26.2 Å². The van der Waals surface area contributed by atoms with Crippen molar-refractivity contribution in [1.82, 2.24) is 9.80 Å². The van der Waals surface area contributed by atoms with Crippen LogP contribution in [0.2, 0.25) is 0 Å². The summed E-state index contributed by atoms with van der Waals surface area (Å²) >= 11 is 0. The number of rotatable bonds is 11. The Kier molecular flexibility index (Phi) is 8.33. The van der Waals surface area contributed by atoms with Gasteiger partial charge >= 0.3 is 11.9 Å². The van der Waals surface area contributed by atoms with Crippen LogP contribution >= 0.6 is 0 Å². The quantitative estimate of drug-likeness (QED) is 0.416. The minimum absolute atomic E-state index is 0.0483. The first-order chi connectivity index (χ1) is 8.49. The predicted molar refractivity (Wildman–Crippen MR) is 60.3 cm³/mol. The summed E-state index contributed by atoms with van der Waals surface area (Å²) in [7, 11) is 0. The van der Waals surface area contributed by atoms with Crippen molar-refractivity contribution in [1.29, 1.82) is 0 Å². The topological polar surface area (TPSA) is 115 Å². The van der Waals surface area contributed by atoms with Crippen LogP contribution in [0, 0.1) is 0 Å². The van der Waals surface area contributed by atoms with Crippen LogP contribution in [-0.2, 0) is 19.2 Å². The SMILES string of the molecule is O=CCN(CC=O)CCN(CC(=O)O)CC(=O)O. The molecule has 0 atom stereocenters. The minimum Gasteiger partial charge on any atom is -0.480 e. The van der Waals surface area contributed by atoms with Crippen molar-refractivity contribution >= 4 is 24.5 Å². The molecule has 102 valence electrons. The lowest BCUT2D eigenvalue weighted by molar-refractivity contribution is -0.142. The third-order valence-electron chi connectivity index (χ3n) is 2.12. The number of carbonyl (C=O) groups is 4. The molecule has 0 aliphatic rings. The summed E-state index contributed by atoms with van der Waals surface area (Å²) in [4.78, 5) is 44.4. The van der Waals surface area contributed by atoms with E-state index < -0.39 is 25.0 Å². The lowest BCUT2D eigenvalue weighted by Gasteiger charge is -2.22. The summed E-state index contributed by atoms with van der Waals surface area (Å²) in [6, 6.07) is 0. The zero-order valence-corrected chi connectivity index (χ0v) is 9.82. The second-order valence-electron chi connectivity index (χ2n) is 3.59. The third kappa shape index (κ3) is 8.36. The monoisotopic (exact) mass is 260 g/mol. The fourth-order valence-corrected chi connectivity index (χ4v) is 1.35. The van der Waals surface area contributed by atoms with Crippen molar-refractivity contribution in [3.8, 4) is 0 Å². The number of aliphatic carboxylic acids is 2. The van der Waals surface area contributed by atoms with E-state index in [-0.39, 0.29) is 26.2 Å². The highest BCUT2D eigenvalue weighted by atomic mass is 16.4. The average Bonchev–Trinajstić information content (AvgIpc) is 2.24. The highest BCUT2D eigenvalue weighted by Crippen LogP contribution is 1.92. The molecule has 2 N–H and O–H groups in total. The van der Waals surface area contributed by atoms with Crippen LogP contribution in [0.15, 0.2) is 0 Å². The van der Waals surface area contributed by atoms with E-state index in [0.29, 0.717) is 12.6 Å². The number of hydrogen-bond donors (Lipinski definition) is 2. The standard InChI is InChI=1S/C10H16N2O6/c13-5-3-11(4-6-14)1-2-12(7-9(15)16)8-10(17)18/h5-6H,1-4,7-8H2,(H,15,16)(H,17,18). The molecule has 0 bridgehead atoms. The Morgan fingerprint density at radius 1 is 0.833 bits per heavy atom. The van der Waals surface area contributed by atoms with Gasteiger partial charge in [0.15, 0.2) is 0 Å². The molecule has 0 fully saturated rings. The molecule has 0 amide bonds. The maximum Gasteiger partial charge on any atom is 0.317 e. The van der Waals surface area contributed by atoms with E-state index in [2.05, 4.69) is 0 Å². The number of carbonyl (C=O) groups excluding carboxylic acids is 2. The van der Waals surface area contributed by atoms with Crippen LogP contribution in [0.3, 0.4) is 0 Å². The summed E-state index contributed by atoms with van der Waals surface area (Å²) in [5.41, 5.74) is 0. The van der Waals surface area contributed by atoms with Gasteiger partial charge in [-0.25, -0.2) is 0 Å². The van der Waals surface area contributed by atoms with E-state index in [1.165, 1.54) is 9.80 Å². The highest BCUT2D eigenvalue weighted by Gasteiger charge is 2.14. The summed E-state index contributed by atoms with van der Waals surface area (Å²) in [5, 5.41) is 17.2. The van der Waals surface area contributed by atoms with Crippen LogP contribution in [0.25, 0.3) is 0 Å². The number of aldehydes is 2. The van der Waals surface area contributed by atoms with Crippen molar-refractivity contribution in [2.75, 3.05) is 39.3 Å². The summed E-state index contributed by atoms with van der Waals surface area (Å²) in [5.74, 6) is -2.26. The van der Waals surface area contributed by atoms with Gasteiger partial charge in [-0.1, -0.05) is 0 Å². The lowest BCUT2D eigenvalue weighted by atomic mass is 10.4. The molecule has 0 radical (unpaired) electrons. The largest absolute Gasteiger partial charge is 0.480 e. The van der Waals surface area contributed by atoms with Gasteiger partial charge in [-0.2, -0.15) is 0 Å². The highest BCUT2D eigenvalue weighted by molar-refractivity contribution is 5.72. The Bertz CT molecular complexity index is 281. The number of nitrogens with zero attached hydrogens (tertiary/aromatic N) is 2. The molecule has 0 saturated carbocycles. The summed E-state index contributed by atoms with van der Waals surface area (Å²) in [6.07, 6.45) is 1.25. The van der Waals surface area contributed by atoms with E-state index >= 15 is 0 Å². The molecule has 0 rings (SSSR count). The van der Waals surface area contributed by atoms with Gasteiger partial charge < -0.3 is 19.8 Å². The van der Waals surface area contributed by atoms with Crippen LogP contribution in [-0.4, -0.2) is 83.8 Å². The van der Waals surface area contributed by atoms with Crippen LogP contribution in [0.5, 0.6) is 0 Å². The van der Waals surface area contributed by atoms with E-state index in [4.69, 9.17) is 10.2 Å². The third-order valence-corrected chi connectivity index (χ3v) is 2.12. The first kappa shape index (κ1) is 16.2. The van der Waals surface area contributed by atoms with Crippen LogP contribution in [0.1, 0.15) is 0 Å². The van der Waals surface area contributed by atoms with Gasteiger partial charge in [-0.15, -0.1) is 0 Å². The maximum absolute atomic E-state index is 10.5. The average molecular weight is 260 g/mol. The molecule has 8 heteroatoms. The van der Waals surface area contributed by atoms with Crippen molar-refractivity contribution in [3.05, 3.63) is 0 Å². The van der Waals surface area contributed by atoms with Gasteiger partial charge in [0.25, 0.3) is 0 Å². The summed E-state index contributed by atoms with van der Waals surface area (Å²) in [6.45, 7) is -0.303. The zero-order chi connectivity index (χ0) is 14.0. The van der Waals surface area contributed by atoms with Gasteiger partial charge in [-0.05, 0) is 0 Å². The van der Waals surface area contributed by atoms with Crippen molar-refractivity contribution in [2.24, 2.45) is 0 Å². The van der Waals surface area contributed by atoms with Crippen molar-refractivity contribution < 1.29 is 29.4 Å². The Balaban J connectivity index is 4.27. The number of hydrogen-bond acceptors (Lipinski definition) is 6. The second kappa shape index (κ2) is 9.25. The fourth-order valence-electron chi connectivity index (χ4n) is 1.35. The first-order valence-electron chi connectivity index (χ1n) is 5.25. The molecule has 0 aliphatic heterocycles. The van der Waals surface area contributed by atoms with E-state index in [9.17, 15) is 19.2 Å². The van der Waals surface area contributed by atoms with E-state index in [0.717, 1.165) is 0 Å². The molecule has 0 saturated heterocycles. The normalized spacial score (nSPS) is 10.6. The molecular weight excluding hydrogens is 244 g/mol. The molecule has 8 nitrogen and oxygen atoms in total. The number of carboxylic acids is 2. The zero-order valence-electron chi connectivity index (χ0n) is 9.82. The van der Waals surface area contributed by atoms with Crippen LogP contribution < -0.4 is 0 Å². The van der Waals surface area contributed by atoms with Crippen molar-refractivity contribution in [2.45, 2.75) is 0 Å². The molecule has 0 spiro atoms. The van der Waals surface area contributed by atoms with Gasteiger partial charge in [-0.3, -0.25) is 19.4 Å². The molecule has 0 aliphatic carbocycles. The van der Waals surface area contributed by atoms with Gasteiger partial charge in [0.1, 0.15) is 12.6 Å². The fraction of sp³-hybridized carbons (Fsp3) is 0.600. The molecular formula is C10H16N2O6. The number of carboxylic acid groups (broad SMARTS) is 2. The van der Waals surface area contributed by atoms with Gasteiger partial charge in [0.2, 0.25) is 0 Å². The van der Waals surface area contributed by atoms with Crippen LogP contribution in [0.4, 0.5) is 0 Å². The molecule has 18 heavy (non-hydrogen) atoms. The minimum atomic E-state index is -1.13.